The minimum Gasteiger partial charge on any atom is -0.368 e. The van der Waals surface area contributed by atoms with Gasteiger partial charge in [-0.25, -0.2) is 0 Å². The quantitative estimate of drug-likeness (QED) is 0.735. The molecule has 3 N–H and O–H groups in total. The van der Waals surface area contributed by atoms with Gasteiger partial charge in [0.1, 0.15) is 5.54 Å². The van der Waals surface area contributed by atoms with Gasteiger partial charge < -0.3 is 11.1 Å². The van der Waals surface area contributed by atoms with Gasteiger partial charge in [0.15, 0.2) is 0 Å². The second-order valence-electron chi connectivity index (χ2n) is 5.68. The van der Waals surface area contributed by atoms with Gasteiger partial charge in [-0.3, -0.25) is 4.79 Å². The van der Waals surface area contributed by atoms with Gasteiger partial charge in [0.05, 0.1) is 0 Å². The van der Waals surface area contributed by atoms with Gasteiger partial charge in [-0.15, -0.1) is 0 Å². The van der Waals surface area contributed by atoms with Crippen molar-refractivity contribution in [3.05, 3.63) is 0 Å². The molecular formula is C12H20N2O. The largest absolute Gasteiger partial charge is 0.368 e. The highest BCUT2D eigenvalue weighted by atomic mass is 16.1. The van der Waals surface area contributed by atoms with Crippen LogP contribution in [0.25, 0.3) is 0 Å². The van der Waals surface area contributed by atoms with E-state index in [1.807, 2.05) is 0 Å². The molecule has 3 nitrogen and oxygen atoms in total. The molecule has 3 saturated carbocycles. The van der Waals surface area contributed by atoms with E-state index in [2.05, 4.69) is 5.32 Å². The normalized spacial score (nSPS) is 37.9. The highest BCUT2D eigenvalue weighted by Crippen LogP contribution is 2.59. The Kier molecular flexibility index (Phi) is 1.91. The minimum atomic E-state index is -0.341. The lowest BCUT2D eigenvalue weighted by molar-refractivity contribution is -0.132. The van der Waals surface area contributed by atoms with Crippen LogP contribution < -0.4 is 11.1 Å². The fourth-order valence-electron chi connectivity index (χ4n) is 3.71. The molecule has 84 valence electrons. The molecule has 0 heterocycles. The molecule has 3 rings (SSSR count). The van der Waals surface area contributed by atoms with Crippen LogP contribution >= 0.6 is 0 Å². The summed E-state index contributed by atoms with van der Waals surface area (Å²) < 4.78 is 0. The highest BCUT2D eigenvalue weighted by molar-refractivity contribution is 5.86. The molecule has 0 aromatic rings. The highest BCUT2D eigenvalue weighted by Gasteiger charge is 2.61. The Morgan fingerprint density at radius 1 is 1.13 bits per heavy atom. The molecule has 0 bridgehead atoms. The Morgan fingerprint density at radius 3 is 2.20 bits per heavy atom. The predicted octanol–water partition coefficient (Wildman–Crippen LogP) is 1.32. The molecule has 1 unspecified atom stereocenters. The first kappa shape index (κ1) is 9.64. The van der Waals surface area contributed by atoms with E-state index in [1.165, 1.54) is 44.9 Å². The third kappa shape index (κ3) is 1.19. The zero-order chi connectivity index (χ0) is 10.5. The van der Waals surface area contributed by atoms with Crippen molar-refractivity contribution >= 4 is 5.91 Å². The lowest BCUT2D eigenvalue weighted by Gasteiger charge is -2.51. The maximum atomic E-state index is 11.9. The molecule has 3 aliphatic rings. The van der Waals surface area contributed by atoms with Crippen molar-refractivity contribution in [1.29, 1.82) is 0 Å². The van der Waals surface area contributed by atoms with Crippen LogP contribution in [0.1, 0.15) is 51.4 Å². The summed E-state index contributed by atoms with van der Waals surface area (Å²) in [5.41, 5.74) is 5.59. The first-order valence-electron chi connectivity index (χ1n) is 6.26. The van der Waals surface area contributed by atoms with Crippen molar-refractivity contribution in [3.63, 3.8) is 0 Å². The van der Waals surface area contributed by atoms with E-state index in [9.17, 15) is 4.79 Å². The summed E-state index contributed by atoms with van der Waals surface area (Å²) in [6.45, 7) is 0. The molecule has 1 amide bonds. The van der Waals surface area contributed by atoms with Crippen LogP contribution in [0.5, 0.6) is 0 Å². The lowest BCUT2D eigenvalue weighted by atomic mass is 9.58. The van der Waals surface area contributed by atoms with Crippen LogP contribution in [0.2, 0.25) is 0 Å². The molecule has 0 aromatic carbocycles. The molecule has 3 heteroatoms. The summed E-state index contributed by atoms with van der Waals surface area (Å²) >= 11 is 0. The van der Waals surface area contributed by atoms with Crippen LogP contribution in [0.3, 0.4) is 0 Å². The Balaban J connectivity index is 1.90. The zero-order valence-electron chi connectivity index (χ0n) is 9.22. The van der Waals surface area contributed by atoms with E-state index in [0.717, 1.165) is 6.42 Å². The maximum Gasteiger partial charge on any atom is 0.238 e. The van der Waals surface area contributed by atoms with E-state index in [-0.39, 0.29) is 16.9 Å². The summed E-state index contributed by atoms with van der Waals surface area (Å²) in [5.74, 6) is -0.0911. The summed E-state index contributed by atoms with van der Waals surface area (Å²) in [4.78, 5) is 11.9. The smallest absolute Gasteiger partial charge is 0.238 e. The SMILES string of the molecule is NC(=O)C1(NC2CC2)CCCC12CCC2. The molecule has 0 saturated heterocycles. The molecule has 1 atom stereocenters. The van der Waals surface area contributed by atoms with Crippen LogP contribution in [-0.2, 0) is 4.79 Å². The lowest BCUT2D eigenvalue weighted by Crippen LogP contribution is -2.65. The van der Waals surface area contributed by atoms with Crippen LogP contribution in [-0.4, -0.2) is 17.5 Å². The second kappa shape index (κ2) is 2.97. The molecule has 0 aliphatic heterocycles. The number of hydrogen-bond acceptors (Lipinski definition) is 2. The standard InChI is InChI=1S/C12H20N2O/c13-10(15)12(14-9-3-4-9)8-2-7-11(12)5-1-6-11/h9,14H,1-8H2,(H2,13,15). The molecule has 15 heavy (non-hydrogen) atoms. The third-order valence-electron chi connectivity index (χ3n) is 4.87. The van der Waals surface area contributed by atoms with E-state index in [1.54, 1.807) is 0 Å². The number of hydrogen-bond donors (Lipinski definition) is 2. The average molecular weight is 208 g/mol. The Morgan fingerprint density at radius 2 is 1.73 bits per heavy atom. The number of rotatable bonds is 3. The van der Waals surface area contributed by atoms with Crippen molar-refractivity contribution < 1.29 is 4.79 Å². The summed E-state index contributed by atoms with van der Waals surface area (Å²) in [6.07, 6.45) is 9.49. The minimum absolute atomic E-state index is 0.0911. The zero-order valence-corrected chi connectivity index (χ0v) is 9.22. The van der Waals surface area contributed by atoms with E-state index in [4.69, 9.17) is 5.73 Å². The fourth-order valence-corrected chi connectivity index (χ4v) is 3.71. The number of nitrogens with one attached hydrogen (secondary N) is 1. The van der Waals surface area contributed by atoms with E-state index < -0.39 is 0 Å². The average Bonchev–Trinajstić information content (AvgIpc) is 2.81. The van der Waals surface area contributed by atoms with Crippen LogP contribution in [0.4, 0.5) is 0 Å². The Bertz CT molecular complexity index is 294. The second-order valence-corrected chi connectivity index (χ2v) is 5.68. The predicted molar refractivity (Wildman–Crippen MR) is 58.2 cm³/mol. The molecular weight excluding hydrogens is 188 g/mol. The van der Waals surface area contributed by atoms with Gasteiger partial charge in [-0.05, 0) is 43.9 Å². The van der Waals surface area contributed by atoms with Crippen molar-refractivity contribution in [1.82, 2.24) is 5.32 Å². The monoisotopic (exact) mass is 208 g/mol. The molecule has 3 aliphatic carbocycles. The van der Waals surface area contributed by atoms with Crippen molar-refractivity contribution in [3.8, 4) is 0 Å². The number of carbonyl (C=O) groups is 1. The number of primary amides is 1. The number of nitrogens with two attached hydrogens (primary N) is 1. The maximum absolute atomic E-state index is 11.9. The molecule has 1 spiro atoms. The third-order valence-corrected chi connectivity index (χ3v) is 4.87. The van der Waals surface area contributed by atoms with Gasteiger partial charge in [0.25, 0.3) is 0 Å². The Hall–Kier alpha value is -0.570. The van der Waals surface area contributed by atoms with Crippen LogP contribution in [0, 0.1) is 5.41 Å². The van der Waals surface area contributed by atoms with Crippen molar-refractivity contribution in [2.24, 2.45) is 11.1 Å². The summed E-state index contributed by atoms with van der Waals surface area (Å²) in [7, 11) is 0. The number of carbonyl (C=O) groups excluding carboxylic acids is 1. The van der Waals surface area contributed by atoms with Gasteiger partial charge in [0.2, 0.25) is 5.91 Å². The van der Waals surface area contributed by atoms with Gasteiger partial charge in [-0.2, -0.15) is 0 Å². The Labute approximate surface area is 90.8 Å². The first-order chi connectivity index (χ1) is 7.19. The molecule has 0 radical (unpaired) electrons. The van der Waals surface area contributed by atoms with Crippen molar-refractivity contribution in [2.45, 2.75) is 62.9 Å². The molecule has 3 fully saturated rings. The fraction of sp³-hybridized carbons (Fsp3) is 0.917. The van der Waals surface area contributed by atoms with E-state index in [0.29, 0.717) is 6.04 Å². The van der Waals surface area contributed by atoms with Crippen molar-refractivity contribution in [2.75, 3.05) is 0 Å². The van der Waals surface area contributed by atoms with Gasteiger partial charge in [0, 0.05) is 6.04 Å². The molecule has 0 aromatic heterocycles. The summed E-state index contributed by atoms with van der Waals surface area (Å²) in [6, 6.07) is 0.577. The number of amides is 1. The van der Waals surface area contributed by atoms with Gasteiger partial charge in [-0.1, -0.05) is 12.8 Å². The van der Waals surface area contributed by atoms with Crippen LogP contribution in [0.15, 0.2) is 0 Å². The summed E-state index contributed by atoms with van der Waals surface area (Å²) in [5, 5.41) is 3.58. The first-order valence-corrected chi connectivity index (χ1v) is 6.26. The topological polar surface area (TPSA) is 55.1 Å². The van der Waals surface area contributed by atoms with Gasteiger partial charge >= 0.3 is 0 Å². The van der Waals surface area contributed by atoms with E-state index >= 15 is 0 Å².